The first-order valence-corrected chi connectivity index (χ1v) is 7.17. The number of nitrogens with one attached hydrogen (secondary N) is 1. The summed E-state index contributed by atoms with van der Waals surface area (Å²) in [7, 11) is 0. The van der Waals surface area contributed by atoms with Crippen molar-refractivity contribution in [1.29, 1.82) is 0 Å². The van der Waals surface area contributed by atoms with Crippen molar-refractivity contribution in [2.75, 3.05) is 6.54 Å². The van der Waals surface area contributed by atoms with E-state index in [2.05, 4.69) is 5.32 Å². The number of aromatic hydroxyl groups is 1. The number of para-hydroxylation sites is 1. The molecule has 110 valence electrons. The molecule has 0 spiro atoms. The van der Waals surface area contributed by atoms with Gasteiger partial charge in [0.15, 0.2) is 0 Å². The van der Waals surface area contributed by atoms with Gasteiger partial charge in [0.25, 0.3) is 5.91 Å². The number of phenolic OH excluding ortho intramolecular Hbond substituents is 1. The number of carbonyl (C=O) groups is 2. The second-order valence-corrected chi connectivity index (χ2v) is 4.99. The molecule has 0 heterocycles. The smallest absolute Gasteiger partial charge is 0.255 e. The van der Waals surface area contributed by atoms with Crippen molar-refractivity contribution in [1.82, 2.24) is 5.32 Å². The van der Waals surface area contributed by atoms with Crippen molar-refractivity contribution in [3.05, 3.63) is 29.8 Å². The quantitative estimate of drug-likeness (QED) is 0.682. The number of amides is 1. The molecule has 1 rings (SSSR count). The predicted octanol–water partition coefficient (Wildman–Crippen LogP) is 3.05. The van der Waals surface area contributed by atoms with Crippen LogP contribution >= 0.6 is 0 Å². The third-order valence-electron chi connectivity index (χ3n) is 3.14. The maximum atomic E-state index is 11.8. The molecule has 2 N–H and O–H groups in total. The van der Waals surface area contributed by atoms with Crippen LogP contribution in [0.2, 0.25) is 0 Å². The van der Waals surface area contributed by atoms with Crippen LogP contribution in [0.4, 0.5) is 0 Å². The molecule has 0 fully saturated rings. The van der Waals surface area contributed by atoms with Gasteiger partial charge < -0.3 is 15.2 Å². The highest BCUT2D eigenvalue weighted by molar-refractivity contribution is 5.96. The SMILES string of the molecule is CC(=O)CCCCCCCNC(=O)c1ccccc1O. The van der Waals surface area contributed by atoms with E-state index in [1.807, 2.05) is 0 Å². The lowest BCUT2D eigenvalue weighted by atomic mass is 10.1. The zero-order chi connectivity index (χ0) is 14.8. The minimum absolute atomic E-state index is 0.00855. The van der Waals surface area contributed by atoms with Crippen molar-refractivity contribution in [3.8, 4) is 5.75 Å². The molecule has 0 aliphatic carbocycles. The Kier molecular flexibility index (Phi) is 7.40. The van der Waals surface area contributed by atoms with E-state index in [0.29, 0.717) is 18.5 Å². The molecule has 0 radical (unpaired) electrons. The van der Waals surface area contributed by atoms with E-state index in [9.17, 15) is 14.7 Å². The molecule has 1 aromatic rings. The molecule has 0 saturated heterocycles. The number of ketones is 1. The average molecular weight is 277 g/mol. The molecule has 4 heteroatoms. The Labute approximate surface area is 120 Å². The highest BCUT2D eigenvalue weighted by Gasteiger charge is 2.08. The summed E-state index contributed by atoms with van der Waals surface area (Å²) in [6.45, 7) is 2.23. The molecule has 0 aliphatic rings. The van der Waals surface area contributed by atoms with Crippen LogP contribution in [0.5, 0.6) is 5.75 Å². The Bertz CT molecular complexity index is 443. The van der Waals surface area contributed by atoms with E-state index < -0.39 is 0 Å². The molecular formula is C16H23NO3. The van der Waals surface area contributed by atoms with Crippen LogP contribution in [0.15, 0.2) is 24.3 Å². The lowest BCUT2D eigenvalue weighted by Gasteiger charge is -2.06. The molecule has 0 aliphatic heterocycles. The van der Waals surface area contributed by atoms with Gasteiger partial charge in [0.05, 0.1) is 5.56 Å². The fourth-order valence-electron chi connectivity index (χ4n) is 1.99. The lowest BCUT2D eigenvalue weighted by molar-refractivity contribution is -0.117. The van der Waals surface area contributed by atoms with Crippen molar-refractivity contribution in [3.63, 3.8) is 0 Å². The first-order valence-electron chi connectivity index (χ1n) is 7.17. The molecule has 1 amide bonds. The van der Waals surface area contributed by atoms with Crippen LogP contribution in [0, 0.1) is 0 Å². The summed E-state index contributed by atoms with van der Waals surface area (Å²) < 4.78 is 0. The van der Waals surface area contributed by atoms with E-state index >= 15 is 0 Å². The number of carbonyl (C=O) groups excluding carboxylic acids is 2. The summed E-state index contributed by atoms with van der Waals surface area (Å²) in [5.41, 5.74) is 0.314. The van der Waals surface area contributed by atoms with Gasteiger partial charge in [-0.1, -0.05) is 31.4 Å². The van der Waals surface area contributed by atoms with E-state index in [-0.39, 0.29) is 17.4 Å². The molecule has 0 atom stereocenters. The lowest BCUT2D eigenvalue weighted by Crippen LogP contribution is -2.24. The van der Waals surface area contributed by atoms with Gasteiger partial charge in [-0.25, -0.2) is 0 Å². The minimum atomic E-state index is -0.236. The molecule has 0 aromatic heterocycles. The first-order chi connectivity index (χ1) is 9.61. The zero-order valence-corrected chi connectivity index (χ0v) is 12.0. The van der Waals surface area contributed by atoms with Gasteiger partial charge in [0.1, 0.15) is 11.5 Å². The third kappa shape index (κ3) is 6.36. The maximum Gasteiger partial charge on any atom is 0.255 e. The second kappa shape index (κ2) is 9.13. The molecule has 0 unspecified atom stereocenters. The van der Waals surface area contributed by atoms with Crippen molar-refractivity contribution in [2.24, 2.45) is 0 Å². The highest BCUT2D eigenvalue weighted by atomic mass is 16.3. The Balaban J connectivity index is 2.08. The highest BCUT2D eigenvalue weighted by Crippen LogP contribution is 2.15. The maximum absolute atomic E-state index is 11.8. The second-order valence-electron chi connectivity index (χ2n) is 4.99. The number of phenols is 1. The van der Waals surface area contributed by atoms with Crippen LogP contribution in [0.3, 0.4) is 0 Å². The van der Waals surface area contributed by atoms with E-state index in [4.69, 9.17) is 0 Å². The van der Waals surface area contributed by atoms with Crippen molar-refractivity contribution in [2.45, 2.75) is 45.4 Å². The number of Topliss-reactive ketones (excluding diaryl/α,β-unsaturated/α-hetero) is 1. The molecule has 4 nitrogen and oxygen atoms in total. The summed E-state index contributed by atoms with van der Waals surface area (Å²) in [5, 5.41) is 12.3. The van der Waals surface area contributed by atoms with E-state index in [1.165, 1.54) is 6.07 Å². The van der Waals surface area contributed by atoms with Gasteiger partial charge in [-0.3, -0.25) is 4.79 Å². The molecule has 0 bridgehead atoms. The van der Waals surface area contributed by atoms with Gasteiger partial charge >= 0.3 is 0 Å². The van der Waals surface area contributed by atoms with E-state index in [0.717, 1.165) is 32.1 Å². The zero-order valence-electron chi connectivity index (χ0n) is 12.0. The average Bonchev–Trinajstić information content (AvgIpc) is 2.41. The van der Waals surface area contributed by atoms with Crippen LogP contribution in [-0.2, 0) is 4.79 Å². The van der Waals surface area contributed by atoms with Crippen LogP contribution in [0.1, 0.15) is 55.8 Å². The van der Waals surface area contributed by atoms with Gasteiger partial charge in [-0.2, -0.15) is 0 Å². The molecule has 1 aromatic carbocycles. The monoisotopic (exact) mass is 277 g/mol. The first kappa shape index (κ1) is 16.2. The number of benzene rings is 1. The largest absolute Gasteiger partial charge is 0.507 e. The Morgan fingerprint density at radius 3 is 2.40 bits per heavy atom. The molecule has 0 saturated carbocycles. The van der Waals surface area contributed by atoms with Gasteiger partial charge in [-0.15, -0.1) is 0 Å². The summed E-state index contributed by atoms with van der Waals surface area (Å²) in [6.07, 6.45) is 5.73. The fraction of sp³-hybridized carbons (Fsp3) is 0.500. The van der Waals surface area contributed by atoms with Crippen LogP contribution < -0.4 is 5.32 Å². The number of unbranched alkanes of at least 4 members (excludes halogenated alkanes) is 4. The number of rotatable bonds is 9. The molecule has 20 heavy (non-hydrogen) atoms. The summed E-state index contributed by atoms with van der Waals surface area (Å²) in [6, 6.07) is 6.52. The standard InChI is InChI=1S/C16H23NO3/c1-13(18)9-5-3-2-4-8-12-17-16(20)14-10-6-7-11-15(14)19/h6-7,10-11,19H,2-5,8-9,12H2,1H3,(H,17,20). The number of hydrogen-bond donors (Lipinski definition) is 2. The van der Waals surface area contributed by atoms with E-state index in [1.54, 1.807) is 25.1 Å². The Hall–Kier alpha value is -1.84. The minimum Gasteiger partial charge on any atom is -0.507 e. The van der Waals surface area contributed by atoms with Gasteiger partial charge in [0, 0.05) is 13.0 Å². The predicted molar refractivity (Wildman–Crippen MR) is 78.8 cm³/mol. The summed E-state index contributed by atoms with van der Waals surface area (Å²) in [4.78, 5) is 22.5. The van der Waals surface area contributed by atoms with Gasteiger partial charge in [-0.05, 0) is 31.9 Å². The molecular weight excluding hydrogens is 254 g/mol. The third-order valence-corrected chi connectivity index (χ3v) is 3.14. The summed E-state index contributed by atoms with van der Waals surface area (Å²) >= 11 is 0. The van der Waals surface area contributed by atoms with Gasteiger partial charge in [0.2, 0.25) is 0 Å². The topological polar surface area (TPSA) is 66.4 Å². The Morgan fingerprint density at radius 2 is 1.70 bits per heavy atom. The normalized spacial score (nSPS) is 10.2. The van der Waals surface area contributed by atoms with Crippen LogP contribution in [-0.4, -0.2) is 23.3 Å². The van der Waals surface area contributed by atoms with Crippen molar-refractivity contribution < 1.29 is 14.7 Å². The number of hydrogen-bond acceptors (Lipinski definition) is 3. The van der Waals surface area contributed by atoms with Crippen LogP contribution in [0.25, 0.3) is 0 Å². The summed E-state index contributed by atoms with van der Waals surface area (Å²) in [5.74, 6) is 0.0221. The Morgan fingerprint density at radius 1 is 1.05 bits per heavy atom. The van der Waals surface area contributed by atoms with Crippen molar-refractivity contribution >= 4 is 11.7 Å². The fourth-order valence-corrected chi connectivity index (χ4v) is 1.99.